The van der Waals surface area contributed by atoms with Crippen LogP contribution in [0.25, 0.3) is 0 Å². The molecule has 1 aliphatic heterocycles. The Hall–Kier alpha value is -1.60. The van der Waals surface area contributed by atoms with Crippen LogP contribution >= 0.6 is 23.2 Å². The van der Waals surface area contributed by atoms with Crippen LogP contribution in [0.5, 0.6) is 0 Å². The van der Waals surface area contributed by atoms with Crippen molar-refractivity contribution in [1.29, 1.82) is 0 Å². The first-order chi connectivity index (χ1) is 16.1. The smallest absolute Gasteiger partial charge is 0.226 e. The SMILES string of the molecule is CC[C@H](CN(C)S(=O)(=O)C1CC1)N1C(=O)C(C)C[C@H](c2cccc(Cl)c2)[C@H]1c1ccc(Cl)cc1. The molecule has 4 rings (SSSR count). The van der Waals surface area contributed by atoms with E-state index in [0.717, 1.165) is 11.1 Å². The summed E-state index contributed by atoms with van der Waals surface area (Å²) in [6.07, 6.45) is 2.77. The van der Waals surface area contributed by atoms with Crippen LogP contribution < -0.4 is 0 Å². The van der Waals surface area contributed by atoms with Crippen molar-refractivity contribution in [3.8, 4) is 0 Å². The minimum absolute atomic E-state index is 0.0203. The lowest BCUT2D eigenvalue weighted by molar-refractivity contribution is -0.146. The molecule has 1 aliphatic carbocycles. The molecule has 4 atom stereocenters. The third-order valence-electron chi connectivity index (χ3n) is 7.17. The van der Waals surface area contributed by atoms with Gasteiger partial charge in [0.2, 0.25) is 15.9 Å². The second-order valence-corrected chi connectivity index (χ2v) is 12.8. The number of likely N-dealkylation sites (tertiary alicyclic amines) is 1. The van der Waals surface area contributed by atoms with E-state index in [2.05, 4.69) is 6.07 Å². The normalized spacial score (nSPS) is 24.5. The number of nitrogens with zero attached hydrogens (tertiary/aromatic N) is 2. The molecule has 1 unspecified atom stereocenters. The number of amides is 1. The molecule has 184 valence electrons. The summed E-state index contributed by atoms with van der Waals surface area (Å²) in [5.41, 5.74) is 2.06. The van der Waals surface area contributed by atoms with Gasteiger partial charge in [-0.25, -0.2) is 12.7 Å². The highest BCUT2D eigenvalue weighted by Gasteiger charge is 2.45. The number of hydrogen-bond acceptors (Lipinski definition) is 3. The molecule has 2 fully saturated rings. The van der Waals surface area contributed by atoms with Crippen LogP contribution in [0.2, 0.25) is 10.0 Å². The summed E-state index contributed by atoms with van der Waals surface area (Å²) >= 11 is 12.5. The molecule has 2 aromatic carbocycles. The maximum atomic E-state index is 13.7. The number of likely N-dealkylation sites (N-methyl/N-ethyl adjacent to an activating group) is 1. The minimum atomic E-state index is -3.34. The van der Waals surface area contributed by atoms with E-state index in [9.17, 15) is 13.2 Å². The largest absolute Gasteiger partial charge is 0.331 e. The van der Waals surface area contributed by atoms with Gasteiger partial charge in [-0.3, -0.25) is 4.79 Å². The molecule has 1 saturated heterocycles. The summed E-state index contributed by atoms with van der Waals surface area (Å²) < 4.78 is 27.2. The van der Waals surface area contributed by atoms with Gasteiger partial charge in [-0.2, -0.15) is 0 Å². The topological polar surface area (TPSA) is 57.7 Å². The molecular formula is C26H32Cl2N2O3S. The van der Waals surface area contributed by atoms with E-state index in [4.69, 9.17) is 23.2 Å². The van der Waals surface area contributed by atoms with Crippen LogP contribution in [-0.2, 0) is 14.8 Å². The standard InChI is InChI=1S/C26H32Cl2N2O3S/c1-4-22(16-29(3)34(32,33)23-12-13-23)30-25(18-8-10-20(27)11-9-18)24(14-17(2)26(30)31)19-6-5-7-21(28)15-19/h5-11,15,17,22-25H,4,12-14,16H2,1-3H3/t17?,22-,24-,25-/m1/s1. The Morgan fingerprint density at radius 1 is 1.06 bits per heavy atom. The fraction of sp³-hybridized carbons (Fsp3) is 0.500. The highest BCUT2D eigenvalue weighted by Crippen LogP contribution is 2.47. The second kappa shape index (κ2) is 10.2. The summed E-state index contributed by atoms with van der Waals surface area (Å²) in [5.74, 6) is -0.110. The molecule has 2 aromatic rings. The molecule has 34 heavy (non-hydrogen) atoms. The van der Waals surface area contributed by atoms with E-state index in [1.807, 2.05) is 61.2 Å². The van der Waals surface area contributed by atoms with Gasteiger partial charge in [-0.05, 0) is 61.1 Å². The van der Waals surface area contributed by atoms with Gasteiger partial charge in [0.1, 0.15) is 0 Å². The fourth-order valence-electron chi connectivity index (χ4n) is 5.15. The van der Waals surface area contributed by atoms with Crippen LogP contribution in [0, 0.1) is 5.92 Å². The van der Waals surface area contributed by atoms with E-state index in [1.54, 1.807) is 7.05 Å². The summed E-state index contributed by atoms with van der Waals surface area (Å²) in [4.78, 5) is 15.6. The van der Waals surface area contributed by atoms with Crippen LogP contribution in [0.1, 0.15) is 62.6 Å². The van der Waals surface area contributed by atoms with Crippen molar-refractivity contribution in [2.45, 2.75) is 62.8 Å². The second-order valence-electron chi connectivity index (χ2n) is 9.63. The lowest BCUT2D eigenvalue weighted by Gasteiger charge is -2.48. The number of hydrogen-bond donors (Lipinski definition) is 0. The van der Waals surface area contributed by atoms with E-state index < -0.39 is 10.0 Å². The summed E-state index contributed by atoms with van der Waals surface area (Å²) in [6.45, 7) is 4.25. The van der Waals surface area contributed by atoms with Gasteiger partial charge in [0, 0.05) is 41.5 Å². The predicted molar refractivity (Wildman–Crippen MR) is 138 cm³/mol. The molecule has 0 spiro atoms. The van der Waals surface area contributed by atoms with Gasteiger partial charge in [0.05, 0.1) is 11.3 Å². The number of piperidine rings is 1. The number of halogens is 2. The molecule has 0 radical (unpaired) electrons. The number of carbonyl (C=O) groups excluding carboxylic acids is 1. The van der Waals surface area contributed by atoms with Crippen molar-refractivity contribution in [1.82, 2.24) is 9.21 Å². The minimum Gasteiger partial charge on any atom is -0.331 e. The zero-order chi connectivity index (χ0) is 24.6. The molecule has 1 amide bonds. The Balaban J connectivity index is 1.77. The summed E-state index contributed by atoms with van der Waals surface area (Å²) in [7, 11) is -1.70. The monoisotopic (exact) mass is 522 g/mol. The molecule has 5 nitrogen and oxygen atoms in total. The van der Waals surface area contributed by atoms with Crippen LogP contribution in [0.15, 0.2) is 48.5 Å². The lowest BCUT2D eigenvalue weighted by atomic mass is 9.75. The molecule has 0 aromatic heterocycles. The molecule has 1 heterocycles. The molecule has 0 bridgehead atoms. The highest BCUT2D eigenvalue weighted by molar-refractivity contribution is 7.90. The van der Waals surface area contributed by atoms with Gasteiger partial charge in [0.25, 0.3) is 0 Å². The zero-order valence-corrected chi connectivity index (χ0v) is 22.2. The van der Waals surface area contributed by atoms with E-state index in [-0.39, 0.29) is 41.6 Å². The quantitative estimate of drug-likeness (QED) is 0.434. The number of rotatable bonds is 8. The first-order valence-electron chi connectivity index (χ1n) is 11.9. The van der Waals surface area contributed by atoms with E-state index >= 15 is 0 Å². The Bertz CT molecular complexity index is 1130. The van der Waals surface area contributed by atoms with Crippen molar-refractivity contribution < 1.29 is 13.2 Å². The molecule has 1 saturated carbocycles. The third kappa shape index (κ3) is 5.15. The van der Waals surface area contributed by atoms with Crippen molar-refractivity contribution >= 4 is 39.1 Å². The van der Waals surface area contributed by atoms with Gasteiger partial charge in [-0.1, -0.05) is 61.3 Å². The van der Waals surface area contributed by atoms with Crippen molar-refractivity contribution in [2.24, 2.45) is 5.92 Å². The van der Waals surface area contributed by atoms with E-state index in [1.165, 1.54) is 4.31 Å². The molecule has 8 heteroatoms. The summed E-state index contributed by atoms with van der Waals surface area (Å²) in [5, 5.41) is 1.01. The number of carbonyl (C=O) groups is 1. The van der Waals surface area contributed by atoms with Crippen LogP contribution in [-0.4, -0.2) is 48.4 Å². The van der Waals surface area contributed by atoms with Crippen LogP contribution in [0.3, 0.4) is 0 Å². The molecular weight excluding hydrogens is 491 g/mol. The average Bonchev–Trinajstić information content (AvgIpc) is 3.66. The van der Waals surface area contributed by atoms with Crippen LogP contribution in [0.4, 0.5) is 0 Å². The number of benzene rings is 2. The molecule has 2 aliphatic rings. The van der Waals surface area contributed by atoms with Gasteiger partial charge in [0.15, 0.2) is 0 Å². The van der Waals surface area contributed by atoms with Crippen molar-refractivity contribution in [3.63, 3.8) is 0 Å². The van der Waals surface area contributed by atoms with Gasteiger partial charge < -0.3 is 4.90 Å². The lowest BCUT2D eigenvalue weighted by Crippen LogP contribution is -2.54. The Kier molecular flexibility index (Phi) is 7.63. The maximum absolute atomic E-state index is 13.7. The fourth-order valence-corrected chi connectivity index (χ4v) is 7.09. The molecule has 0 N–H and O–H groups in total. The maximum Gasteiger partial charge on any atom is 0.226 e. The first-order valence-corrected chi connectivity index (χ1v) is 14.2. The highest BCUT2D eigenvalue weighted by atomic mass is 35.5. The zero-order valence-electron chi connectivity index (χ0n) is 19.8. The van der Waals surface area contributed by atoms with Gasteiger partial charge in [-0.15, -0.1) is 0 Å². The van der Waals surface area contributed by atoms with Gasteiger partial charge >= 0.3 is 0 Å². The Labute approximate surface area is 213 Å². The Morgan fingerprint density at radius 3 is 2.32 bits per heavy atom. The van der Waals surface area contributed by atoms with E-state index in [0.29, 0.717) is 35.7 Å². The van der Waals surface area contributed by atoms with Crippen molar-refractivity contribution in [3.05, 3.63) is 69.7 Å². The first kappa shape index (κ1) is 25.5. The third-order valence-corrected chi connectivity index (χ3v) is 9.98. The van der Waals surface area contributed by atoms with Crippen molar-refractivity contribution in [2.75, 3.05) is 13.6 Å². The summed E-state index contributed by atoms with van der Waals surface area (Å²) in [6, 6.07) is 15.0. The predicted octanol–water partition coefficient (Wildman–Crippen LogP) is 5.89. The number of sulfonamides is 1. The Morgan fingerprint density at radius 2 is 1.74 bits per heavy atom. The average molecular weight is 524 g/mol.